The lowest BCUT2D eigenvalue weighted by Gasteiger charge is -2.55. The molecule has 0 radical (unpaired) electrons. The van der Waals surface area contributed by atoms with Gasteiger partial charge in [-0.25, -0.2) is 4.79 Å². The molecule has 3 aliphatic rings. The molecule has 1 saturated carbocycles. The summed E-state index contributed by atoms with van der Waals surface area (Å²) in [5, 5.41) is 9.71. The van der Waals surface area contributed by atoms with E-state index in [4.69, 9.17) is 4.74 Å². The molecule has 0 aromatic heterocycles. The van der Waals surface area contributed by atoms with Crippen molar-refractivity contribution in [3.05, 3.63) is 11.6 Å². The average molecular weight is 321 g/mol. The van der Waals surface area contributed by atoms with E-state index in [0.717, 1.165) is 18.5 Å². The number of ether oxygens (including phenoxy) is 1. The van der Waals surface area contributed by atoms with Crippen LogP contribution in [0.4, 0.5) is 0 Å². The van der Waals surface area contributed by atoms with Gasteiger partial charge in [0.2, 0.25) is 0 Å². The van der Waals surface area contributed by atoms with Crippen molar-refractivity contribution in [3.8, 4) is 0 Å². The minimum atomic E-state index is -0.142. The molecule has 4 heteroatoms. The minimum Gasteiger partial charge on any atom is -0.463 e. The maximum absolute atomic E-state index is 12.2. The Morgan fingerprint density at radius 1 is 1.43 bits per heavy atom. The molecule has 130 valence electrons. The van der Waals surface area contributed by atoms with E-state index < -0.39 is 0 Å². The number of piperidine rings is 1. The van der Waals surface area contributed by atoms with Gasteiger partial charge < -0.3 is 9.84 Å². The zero-order valence-electron chi connectivity index (χ0n) is 14.6. The molecule has 1 spiro atoms. The summed E-state index contributed by atoms with van der Waals surface area (Å²) in [5.74, 6) is 0.751. The van der Waals surface area contributed by atoms with Crippen molar-refractivity contribution in [2.45, 2.75) is 70.4 Å². The Labute approximate surface area is 139 Å². The monoisotopic (exact) mass is 321 g/mol. The van der Waals surface area contributed by atoms with Crippen LogP contribution in [-0.4, -0.2) is 47.3 Å². The van der Waals surface area contributed by atoms with E-state index in [1.54, 1.807) is 0 Å². The van der Waals surface area contributed by atoms with Crippen LogP contribution in [0.2, 0.25) is 0 Å². The van der Waals surface area contributed by atoms with Gasteiger partial charge in [0.1, 0.15) is 0 Å². The summed E-state index contributed by atoms with van der Waals surface area (Å²) in [4.78, 5) is 14.8. The van der Waals surface area contributed by atoms with Gasteiger partial charge in [-0.1, -0.05) is 25.8 Å². The van der Waals surface area contributed by atoms with Crippen LogP contribution in [0.1, 0.15) is 58.8 Å². The summed E-state index contributed by atoms with van der Waals surface area (Å²) in [6.07, 6.45) is 10.5. The summed E-state index contributed by atoms with van der Waals surface area (Å²) in [6.45, 7) is 5.49. The summed E-state index contributed by atoms with van der Waals surface area (Å²) < 4.78 is 5.23. The lowest BCUT2D eigenvalue weighted by molar-refractivity contribution is -0.139. The highest BCUT2D eigenvalue weighted by atomic mass is 16.5. The number of hydrogen-bond acceptors (Lipinski definition) is 4. The van der Waals surface area contributed by atoms with E-state index >= 15 is 0 Å². The molecule has 1 N–H and O–H groups in total. The van der Waals surface area contributed by atoms with Gasteiger partial charge in [-0.3, -0.25) is 4.90 Å². The van der Waals surface area contributed by atoms with Gasteiger partial charge in [0, 0.05) is 30.3 Å². The van der Waals surface area contributed by atoms with Gasteiger partial charge >= 0.3 is 5.97 Å². The molecule has 1 aliphatic carbocycles. The third-order valence-corrected chi connectivity index (χ3v) is 6.46. The predicted molar refractivity (Wildman–Crippen MR) is 90.0 cm³/mol. The number of rotatable bonds is 4. The van der Waals surface area contributed by atoms with Crippen molar-refractivity contribution >= 4 is 5.97 Å². The standard InChI is InChI=1S/C19H31NO3/c1-3-23-18(22)15-8-9-16-6-4-10-19(20(16)12-15)11-5-7-17(19)14(2)13-21/h8,14,16-17,21H,3-7,9-13H2,1-2H3/t14-,16+,17+,19-/m0/s1. The van der Waals surface area contributed by atoms with Crippen LogP contribution < -0.4 is 0 Å². The Morgan fingerprint density at radius 2 is 2.17 bits per heavy atom. The summed E-state index contributed by atoms with van der Waals surface area (Å²) in [5.41, 5.74) is 1.03. The second-order valence-corrected chi connectivity index (χ2v) is 7.62. The van der Waals surface area contributed by atoms with E-state index in [1.807, 2.05) is 6.92 Å². The number of nitrogens with zero attached hydrogens (tertiary/aromatic N) is 1. The number of hydrogen-bond donors (Lipinski definition) is 1. The van der Waals surface area contributed by atoms with Crippen LogP contribution in [0.25, 0.3) is 0 Å². The molecule has 0 amide bonds. The van der Waals surface area contributed by atoms with Crippen LogP contribution in [0.3, 0.4) is 0 Å². The second kappa shape index (κ2) is 6.94. The molecule has 23 heavy (non-hydrogen) atoms. The number of esters is 1. The van der Waals surface area contributed by atoms with E-state index in [-0.39, 0.29) is 18.1 Å². The zero-order valence-corrected chi connectivity index (χ0v) is 14.6. The van der Waals surface area contributed by atoms with Gasteiger partial charge in [-0.2, -0.15) is 0 Å². The highest BCUT2D eigenvalue weighted by molar-refractivity contribution is 5.89. The molecule has 0 aromatic rings. The SMILES string of the molecule is CCOC(=O)C1=CC[C@H]2CCC[C@@]3(CCC[C@@H]3[C@@H](C)CO)N2C1. The lowest BCUT2D eigenvalue weighted by atomic mass is 9.70. The Hall–Kier alpha value is -0.870. The van der Waals surface area contributed by atoms with Gasteiger partial charge in [0.05, 0.1) is 6.61 Å². The van der Waals surface area contributed by atoms with E-state index in [1.165, 1.54) is 38.5 Å². The van der Waals surface area contributed by atoms with Crippen LogP contribution in [0.5, 0.6) is 0 Å². The highest BCUT2D eigenvalue weighted by Crippen LogP contribution is 2.52. The van der Waals surface area contributed by atoms with Crippen LogP contribution in [0.15, 0.2) is 11.6 Å². The van der Waals surface area contributed by atoms with Crippen molar-refractivity contribution in [2.75, 3.05) is 19.8 Å². The van der Waals surface area contributed by atoms with Gasteiger partial charge in [-0.05, 0) is 50.9 Å². The molecule has 0 unspecified atom stereocenters. The van der Waals surface area contributed by atoms with Gasteiger partial charge in [0.25, 0.3) is 0 Å². The molecule has 0 aromatic carbocycles. The molecule has 3 rings (SSSR count). The van der Waals surface area contributed by atoms with Crippen molar-refractivity contribution in [3.63, 3.8) is 0 Å². The number of carbonyl (C=O) groups is 1. The normalized spacial score (nSPS) is 35.7. The zero-order chi connectivity index (χ0) is 16.4. The molecule has 4 atom stereocenters. The first kappa shape index (κ1) is 17.0. The maximum atomic E-state index is 12.2. The summed E-state index contributed by atoms with van der Waals surface area (Å²) in [6, 6.07) is 0.563. The van der Waals surface area contributed by atoms with Crippen LogP contribution in [0, 0.1) is 11.8 Å². The van der Waals surface area contributed by atoms with E-state index in [2.05, 4.69) is 17.9 Å². The number of aliphatic hydroxyl groups is 1. The lowest BCUT2D eigenvalue weighted by Crippen LogP contribution is -2.61. The summed E-state index contributed by atoms with van der Waals surface area (Å²) in [7, 11) is 0. The van der Waals surface area contributed by atoms with Gasteiger partial charge in [-0.15, -0.1) is 0 Å². The van der Waals surface area contributed by atoms with Crippen molar-refractivity contribution in [1.82, 2.24) is 4.90 Å². The van der Waals surface area contributed by atoms with Crippen LogP contribution in [-0.2, 0) is 9.53 Å². The second-order valence-electron chi connectivity index (χ2n) is 7.62. The molecule has 2 heterocycles. The Bertz CT molecular complexity index is 475. The first-order valence-corrected chi connectivity index (χ1v) is 9.36. The highest BCUT2D eigenvalue weighted by Gasteiger charge is 2.53. The topological polar surface area (TPSA) is 49.8 Å². The first-order valence-electron chi connectivity index (χ1n) is 9.36. The molecule has 2 fully saturated rings. The first-order chi connectivity index (χ1) is 11.1. The molecule has 4 nitrogen and oxygen atoms in total. The fourth-order valence-corrected chi connectivity index (χ4v) is 5.43. The molecular formula is C19H31NO3. The Kier molecular flexibility index (Phi) is 5.12. The minimum absolute atomic E-state index is 0.142. The predicted octanol–water partition coefficient (Wildman–Crippen LogP) is 2.90. The number of aliphatic hydroxyl groups excluding tert-OH is 1. The van der Waals surface area contributed by atoms with Crippen LogP contribution >= 0.6 is 0 Å². The summed E-state index contributed by atoms with van der Waals surface area (Å²) >= 11 is 0. The third-order valence-electron chi connectivity index (χ3n) is 6.46. The van der Waals surface area contributed by atoms with Crippen molar-refractivity contribution in [1.29, 1.82) is 0 Å². The molecular weight excluding hydrogens is 290 g/mol. The number of fused-ring (bicyclic) bond motifs is 2. The molecule has 2 aliphatic heterocycles. The Morgan fingerprint density at radius 3 is 2.87 bits per heavy atom. The maximum Gasteiger partial charge on any atom is 0.334 e. The van der Waals surface area contributed by atoms with E-state index in [9.17, 15) is 9.90 Å². The van der Waals surface area contributed by atoms with Crippen molar-refractivity contribution < 1.29 is 14.6 Å². The fraction of sp³-hybridized carbons (Fsp3) is 0.842. The Balaban J connectivity index is 1.85. The smallest absolute Gasteiger partial charge is 0.334 e. The quantitative estimate of drug-likeness (QED) is 0.809. The molecule has 1 saturated heterocycles. The van der Waals surface area contributed by atoms with E-state index in [0.29, 0.717) is 24.5 Å². The third kappa shape index (κ3) is 2.96. The van der Waals surface area contributed by atoms with Gasteiger partial charge in [0.15, 0.2) is 0 Å². The fourth-order valence-electron chi connectivity index (χ4n) is 5.43. The largest absolute Gasteiger partial charge is 0.463 e. The average Bonchev–Trinajstić information content (AvgIpc) is 2.98. The van der Waals surface area contributed by atoms with Crippen molar-refractivity contribution in [2.24, 2.45) is 11.8 Å². The number of carbonyl (C=O) groups excluding carboxylic acids is 1. The molecule has 0 bridgehead atoms.